The molecule has 2 aliphatic heterocycles. The molecule has 2 aliphatic rings. The Labute approximate surface area is 113 Å². The van der Waals surface area contributed by atoms with Gasteiger partial charge in [-0.3, -0.25) is 4.79 Å². The zero-order chi connectivity index (χ0) is 11.4. The number of nitrogens with two attached hydrogens (primary N) is 1. The summed E-state index contributed by atoms with van der Waals surface area (Å²) in [6.07, 6.45) is 3.76. The fraction of sp³-hybridized carbons (Fsp3) is 0.909. The third-order valence-corrected chi connectivity index (χ3v) is 4.75. The molecule has 0 bridgehead atoms. The number of thioether (sulfide) groups is 1. The summed E-state index contributed by atoms with van der Waals surface area (Å²) in [5, 5.41) is 3.58. The van der Waals surface area contributed by atoms with E-state index in [1.54, 1.807) is 0 Å². The number of ether oxygens (including phenoxy) is 1. The van der Waals surface area contributed by atoms with Gasteiger partial charge in [0.05, 0.1) is 5.54 Å². The average Bonchev–Trinajstić information content (AvgIpc) is 2.79. The Morgan fingerprint density at radius 1 is 1.47 bits per heavy atom. The molecule has 0 radical (unpaired) electrons. The average molecular weight is 281 g/mol. The quantitative estimate of drug-likeness (QED) is 0.807. The molecule has 4 nitrogen and oxygen atoms in total. The molecule has 0 aromatic rings. The Hall–Kier alpha value is 0.0300. The van der Waals surface area contributed by atoms with Crippen molar-refractivity contribution in [2.45, 2.75) is 36.5 Å². The number of halogens is 1. The molecule has 2 rings (SSSR count). The third kappa shape index (κ3) is 4.02. The van der Waals surface area contributed by atoms with Crippen LogP contribution in [0.4, 0.5) is 0 Å². The first-order chi connectivity index (χ1) is 7.71. The largest absolute Gasteiger partial charge is 0.381 e. The van der Waals surface area contributed by atoms with E-state index >= 15 is 0 Å². The lowest BCUT2D eigenvalue weighted by molar-refractivity contribution is -0.129. The molecule has 0 saturated carbocycles. The molecule has 0 aliphatic carbocycles. The Bertz CT molecular complexity index is 254. The van der Waals surface area contributed by atoms with E-state index in [1.165, 1.54) is 18.6 Å². The second-order valence-corrected chi connectivity index (χ2v) is 6.02. The predicted octanol–water partition coefficient (Wildman–Crippen LogP) is 0.928. The van der Waals surface area contributed by atoms with Crippen molar-refractivity contribution in [1.29, 1.82) is 0 Å². The molecule has 17 heavy (non-hydrogen) atoms. The minimum Gasteiger partial charge on any atom is -0.381 e. The maximum Gasteiger partial charge on any atom is 0.240 e. The van der Waals surface area contributed by atoms with Crippen LogP contribution in [0.5, 0.6) is 0 Å². The highest BCUT2D eigenvalue weighted by molar-refractivity contribution is 8.00. The minimum atomic E-state index is -0.693. The first kappa shape index (κ1) is 15.1. The Kier molecular flexibility index (Phi) is 6.06. The van der Waals surface area contributed by atoms with Crippen LogP contribution in [0.25, 0.3) is 0 Å². The highest BCUT2D eigenvalue weighted by Gasteiger charge is 2.36. The van der Waals surface area contributed by atoms with Crippen LogP contribution in [-0.4, -0.2) is 42.2 Å². The molecule has 2 heterocycles. The lowest BCUT2D eigenvalue weighted by Crippen LogP contribution is -2.57. The zero-order valence-electron chi connectivity index (χ0n) is 9.94. The summed E-state index contributed by atoms with van der Waals surface area (Å²) >= 11 is 1.95. The van der Waals surface area contributed by atoms with Crippen molar-refractivity contribution < 1.29 is 9.53 Å². The normalized spacial score (nSPS) is 27.2. The molecule has 6 heteroatoms. The van der Waals surface area contributed by atoms with Gasteiger partial charge in [0.2, 0.25) is 5.91 Å². The third-order valence-electron chi connectivity index (χ3n) is 3.35. The van der Waals surface area contributed by atoms with Crippen LogP contribution in [0.2, 0.25) is 0 Å². The van der Waals surface area contributed by atoms with Gasteiger partial charge in [-0.15, -0.1) is 12.4 Å². The van der Waals surface area contributed by atoms with E-state index < -0.39 is 5.54 Å². The molecule has 3 N–H and O–H groups in total. The second kappa shape index (κ2) is 6.83. The molecular formula is C11H21ClN2O2S. The summed E-state index contributed by atoms with van der Waals surface area (Å²) in [5.41, 5.74) is 5.40. The van der Waals surface area contributed by atoms with Crippen LogP contribution in [0.15, 0.2) is 0 Å². The summed E-state index contributed by atoms with van der Waals surface area (Å²) in [4.78, 5) is 12.0. The van der Waals surface area contributed by atoms with Crippen LogP contribution in [0.3, 0.4) is 0 Å². The highest BCUT2D eigenvalue weighted by atomic mass is 35.5. The van der Waals surface area contributed by atoms with E-state index in [4.69, 9.17) is 10.5 Å². The summed E-state index contributed by atoms with van der Waals surface area (Å²) in [7, 11) is 0. The first-order valence-electron chi connectivity index (χ1n) is 5.97. The van der Waals surface area contributed by atoms with Crippen molar-refractivity contribution in [3.05, 3.63) is 0 Å². The van der Waals surface area contributed by atoms with E-state index in [9.17, 15) is 4.79 Å². The predicted molar refractivity (Wildman–Crippen MR) is 72.7 cm³/mol. The maximum absolute atomic E-state index is 12.0. The van der Waals surface area contributed by atoms with Gasteiger partial charge in [-0.1, -0.05) is 0 Å². The van der Waals surface area contributed by atoms with Crippen molar-refractivity contribution in [3.8, 4) is 0 Å². The minimum absolute atomic E-state index is 0. The van der Waals surface area contributed by atoms with Crippen molar-refractivity contribution >= 4 is 30.1 Å². The lowest BCUT2D eigenvalue weighted by atomic mass is 9.90. The molecule has 1 unspecified atom stereocenters. The number of carbonyl (C=O) groups excluding carboxylic acids is 1. The molecule has 0 aromatic heterocycles. The van der Waals surface area contributed by atoms with Gasteiger partial charge in [0.1, 0.15) is 0 Å². The fourth-order valence-electron chi connectivity index (χ4n) is 2.15. The number of nitrogens with one attached hydrogen (secondary N) is 1. The monoisotopic (exact) mass is 280 g/mol. The molecule has 1 amide bonds. The molecule has 2 fully saturated rings. The molecule has 0 aromatic carbocycles. The van der Waals surface area contributed by atoms with Gasteiger partial charge in [0.15, 0.2) is 0 Å². The Morgan fingerprint density at radius 2 is 2.18 bits per heavy atom. The maximum atomic E-state index is 12.0. The van der Waals surface area contributed by atoms with Crippen LogP contribution in [-0.2, 0) is 9.53 Å². The molecule has 1 atom stereocenters. The number of rotatable bonds is 3. The lowest BCUT2D eigenvalue weighted by Gasteiger charge is -2.32. The van der Waals surface area contributed by atoms with Crippen LogP contribution >= 0.6 is 24.2 Å². The zero-order valence-corrected chi connectivity index (χ0v) is 11.6. The van der Waals surface area contributed by atoms with Crippen LogP contribution < -0.4 is 11.1 Å². The van der Waals surface area contributed by atoms with Gasteiger partial charge >= 0.3 is 0 Å². The van der Waals surface area contributed by atoms with Crippen molar-refractivity contribution in [1.82, 2.24) is 5.32 Å². The molecule has 2 saturated heterocycles. The van der Waals surface area contributed by atoms with Gasteiger partial charge in [-0.2, -0.15) is 11.8 Å². The second-order valence-electron chi connectivity index (χ2n) is 4.61. The van der Waals surface area contributed by atoms with E-state index in [-0.39, 0.29) is 18.3 Å². The summed E-state index contributed by atoms with van der Waals surface area (Å²) in [6.45, 7) is 1.97. The number of carbonyl (C=O) groups is 1. The SMILES string of the molecule is Cl.NC1(C(=O)NCC2CCCS2)CCOCC1. The van der Waals surface area contributed by atoms with Crippen molar-refractivity contribution in [2.24, 2.45) is 5.73 Å². The molecule has 0 spiro atoms. The van der Waals surface area contributed by atoms with Gasteiger partial charge in [0.25, 0.3) is 0 Å². The number of hydrogen-bond donors (Lipinski definition) is 2. The van der Waals surface area contributed by atoms with Gasteiger partial charge in [-0.05, 0) is 31.4 Å². The summed E-state index contributed by atoms with van der Waals surface area (Å²) in [5.74, 6) is 1.23. The van der Waals surface area contributed by atoms with Crippen LogP contribution in [0, 0.1) is 0 Å². The summed E-state index contributed by atoms with van der Waals surface area (Å²) < 4.78 is 5.23. The Balaban J connectivity index is 0.00000144. The summed E-state index contributed by atoms with van der Waals surface area (Å²) in [6, 6.07) is 0. The number of hydrogen-bond acceptors (Lipinski definition) is 4. The standard InChI is InChI=1S/C11H20N2O2S.ClH/c12-11(3-5-15-6-4-11)10(14)13-8-9-2-1-7-16-9;/h9H,1-8,12H2,(H,13,14);1H. The van der Waals surface area contributed by atoms with E-state index in [0.717, 1.165) is 6.54 Å². The smallest absolute Gasteiger partial charge is 0.240 e. The van der Waals surface area contributed by atoms with E-state index in [0.29, 0.717) is 31.3 Å². The van der Waals surface area contributed by atoms with E-state index in [2.05, 4.69) is 5.32 Å². The first-order valence-corrected chi connectivity index (χ1v) is 7.02. The Morgan fingerprint density at radius 3 is 2.76 bits per heavy atom. The van der Waals surface area contributed by atoms with Crippen molar-refractivity contribution in [3.63, 3.8) is 0 Å². The molecular weight excluding hydrogens is 260 g/mol. The highest BCUT2D eigenvalue weighted by Crippen LogP contribution is 2.25. The van der Waals surface area contributed by atoms with E-state index in [1.807, 2.05) is 11.8 Å². The van der Waals surface area contributed by atoms with Gasteiger partial charge in [0, 0.05) is 25.0 Å². The van der Waals surface area contributed by atoms with Crippen LogP contribution in [0.1, 0.15) is 25.7 Å². The fourth-order valence-corrected chi connectivity index (χ4v) is 3.35. The van der Waals surface area contributed by atoms with Crippen molar-refractivity contribution in [2.75, 3.05) is 25.5 Å². The van der Waals surface area contributed by atoms with Gasteiger partial charge in [-0.25, -0.2) is 0 Å². The molecule has 100 valence electrons. The topological polar surface area (TPSA) is 64.4 Å². The van der Waals surface area contributed by atoms with Gasteiger partial charge < -0.3 is 15.8 Å². The number of amides is 1.